The smallest absolute Gasteiger partial charge is 0.200 e. The third kappa shape index (κ3) is 3.20. The first-order valence-electron chi connectivity index (χ1n) is 9.90. The molecular formula is C23H22F5N2+. The van der Waals surface area contributed by atoms with E-state index in [0.717, 1.165) is 37.2 Å². The highest BCUT2D eigenvalue weighted by Gasteiger charge is 2.41. The first-order valence-corrected chi connectivity index (χ1v) is 9.90. The molecule has 0 bridgehead atoms. The zero-order chi connectivity index (χ0) is 21.6. The average Bonchev–Trinajstić information content (AvgIpc) is 3.32. The Bertz CT molecular complexity index is 1030. The summed E-state index contributed by atoms with van der Waals surface area (Å²) in [6.07, 6.45) is 6.02. The SMILES string of the molecule is CC1(C)C(=CC=[N+]2CCCC2)N(Cc2c(F)c(F)c(F)c(F)c2F)c2ccccc21. The van der Waals surface area contributed by atoms with Gasteiger partial charge >= 0.3 is 0 Å². The molecule has 0 spiro atoms. The van der Waals surface area contributed by atoms with Gasteiger partial charge in [0.2, 0.25) is 5.82 Å². The lowest BCUT2D eigenvalue weighted by Gasteiger charge is -2.27. The van der Waals surface area contributed by atoms with Crippen molar-refractivity contribution < 1.29 is 26.5 Å². The van der Waals surface area contributed by atoms with Crippen molar-refractivity contribution >= 4 is 11.9 Å². The minimum absolute atomic E-state index is 0.466. The van der Waals surface area contributed by atoms with Crippen molar-refractivity contribution in [2.24, 2.45) is 0 Å². The van der Waals surface area contributed by atoms with Crippen LogP contribution in [0.3, 0.4) is 0 Å². The van der Waals surface area contributed by atoms with Gasteiger partial charge in [-0.15, -0.1) is 0 Å². The molecule has 4 rings (SSSR count). The number of halogens is 5. The minimum Gasteiger partial charge on any atom is -0.339 e. The van der Waals surface area contributed by atoms with Gasteiger partial charge in [0.1, 0.15) is 13.1 Å². The molecule has 0 saturated carbocycles. The first-order chi connectivity index (χ1) is 14.2. The van der Waals surface area contributed by atoms with Crippen LogP contribution in [0.25, 0.3) is 0 Å². The lowest BCUT2D eigenvalue weighted by Crippen LogP contribution is -2.28. The fraction of sp³-hybridized carbons (Fsp3) is 0.348. The van der Waals surface area contributed by atoms with Crippen LogP contribution in [-0.2, 0) is 12.0 Å². The molecule has 0 N–H and O–H groups in total. The van der Waals surface area contributed by atoms with Crippen LogP contribution in [-0.4, -0.2) is 23.9 Å². The number of para-hydroxylation sites is 1. The van der Waals surface area contributed by atoms with Gasteiger partial charge in [-0.1, -0.05) is 32.0 Å². The predicted molar refractivity (Wildman–Crippen MR) is 105 cm³/mol. The van der Waals surface area contributed by atoms with Crippen molar-refractivity contribution in [2.45, 2.75) is 38.6 Å². The molecule has 30 heavy (non-hydrogen) atoms. The molecule has 0 atom stereocenters. The minimum atomic E-state index is -2.14. The Balaban J connectivity index is 1.84. The van der Waals surface area contributed by atoms with Gasteiger partial charge in [-0.3, -0.25) is 0 Å². The predicted octanol–water partition coefficient (Wildman–Crippen LogP) is 5.44. The third-order valence-corrected chi connectivity index (χ3v) is 6.00. The van der Waals surface area contributed by atoms with Crippen molar-refractivity contribution in [3.05, 3.63) is 76.3 Å². The molecule has 1 fully saturated rings. The van der Waals surface area contributed by atoms with Gasteiger partial charge in [-0.2, -0.15) is 0 Å². The highest BCUT2D eigenvalue weighted by molar-refractivity contribution is 5.77. The molecule has 2 aliphatic rings. The van der Waals surface area contributed by atoms with Gasteiger partial charge in [0.25, 0.3) is 0 Å². The third-order valence-electron chi connectivity index (χ3n) is 6.00. The summed E-state index contributed by atoms with van der Waals surface area (Å²) in [4.78, 5) is 1.64. The zero-order valence-corrected chi connectivity index (χ0v) is 16.8. The lowest BCUT2D eigenvalue weighted by molar-refractivity contribution is -0.500. The fourth-order valence-electron chi connectivity index (χ4n) is 4.33. The Hall–Kier alpha value is -2.70. The monoisotopic (exact) mass is 421 g/mol. The Morgan fingerprint density at radius 3 is 2.10 bits per heavy atom. The fourth-order valence-corrected chi connectivity index (χ4v) is 4.33. The van der Waals surface area contributed by atoms with Gasteiger partial charge < -0.3 is 4.90 Å². The van der Waals surface area contributed by atoms with Crippen molar-refractivity contribution in [3.8, 4) is 0 Å². The Morgan fingerprint density at radius 2 is 1.47 bits per heavy atom. The van der Waals surface area contributed by atoms with Crippen LogP contribution in [0.5, 0.6) is 0 Å². The van der Waals surface area contributed by atoms with Gasteiger partial charge in [-0.05, 0) is 11.6 Å². The van der Waals surface area contributed by atoms with Gasteiger partial charge in [0.05, 0.1) is 6.54 Å². The summed E-state index contributed by atoms with van der Waals surface area (Å²) >= 11 is 0. The molecule has 2 heterocycles. The number of hydrogen-bond donors (Lipinski definition) is 0. The van der Waals surface area contributed by atoms with Crippen molar-refractivity contribution in [1.29, 1.82) is 0 Å². The second-order valence-corrected chi connectivity index (χ2v) is 8.22. The molecule has 1 saturated heterocycles. The first kappa shape index (κ1) is 20.6. The van der Waals surface area contributed by atoms with E-state index in [1.54, 1.807) is 17.0 Å². The van der Waals surface area contributed by atoms with Gasteiger partial charge in [0, 0.05) is 41.3 Å². The summed E-state index contributed by atoms with van der Waals surface area (Å²) < 4.78 is 72.0. The molecular weight excluding hydrogens is 399 g/mol. The molecule has 2 aromatic carbocycles. The van der Waals surface area contributed by atoms with Crippen LogP contribution in [0.15, 0.2) is 36.0 Å². The van der Waals surface area contributed by atoms with Crippen LogP contribution in [0.1, 0.15) is 37.8 Å². The molecule has 0 radical (unpaired) electrons. The number of benzene rings is 2. The molecule has 2 nitrogen and oxygen atoms in total. The van der Waals surface area contributed by atoms with E-state index in [2.05, 4.69) is 4.58 Å². The second-order valence-electron chi connectivity index (χ2n) is 8.22. The molecule has 158 valence electrons. The quantitative estimate of drug-likeness (QED) is 0.277. The van der Waals surface area contributed by atoms with Crippen LogP contribution in [0.2, 0.25) is 0 Å². The number of anilines is 1. The van der Waals surface area contributed by atoms with Crippen molar-refractivity contribution in [1.82, 2.24) is 0 Å². The van der Waals surface area contributed by atoms with Gasteiger partial charge in [-0.25, -0.2) is 26.5 Å². The van der Waals surface area contributed by atoms with Crippen LogP contribution < -0.4 is 4.90 Å². The van der Waals surface area contributed by atoms with E-state index in [1.807, 2.05) is 38.3 Å². The highest BCUT2D eigenvalue weighted by Crippen LogP contribution is 2.48. The lowest BCUT2D eigenvalue weighted by atomic mass is 9.84. The van der Waals surface area contributed by atoms with E-state index in [1.165, 1.54) is 0 Å². The Kier molecular flexibility index (Phi) is 5.16. The molecule has 0 unspecified atom stereocenters. The Labute approximate surface area is 171 Å². The van der Waals surface area contributed by atoms with Crippen LogP contribution in [0, 0.1) is 29.1 Å². The highest BCUT2D eigenvalue weighted by atomic mass is 19.2. The number of fused-ring (bicyclic) bond motifs is 1. The average molecular weight is 421 g/mol. The topological polar surface area (TPSA) is 6.25 Å². The maximum absolute atomic E-state index is 14.4. The van der Waals surface area contributed by atoms with Crippen LogP contribution >= 0.6 is 0 Å². The molecule has 2 aliphatic heterocycles. The Morgan fingerprint density at radius 1 is 0.900 bits per heavy atom. The zero-order valence-electron chi connectivity index (χ0n) is 16.8. The standard InChI is InChI=1S/C23H22F5N2/c1-23(2)15-7-3-4-8-16(15)30(17(23)9-12-29-10-5-6-11-29)13-14-18(24)20(26)22(28)21(27)19(14)25/h3-4,7-9,12H,5-6,10-11,13H2,1-2H3/q+1. The van der Waals surface area contributed by atoms with E-state index in [0.29, 0.717) is 5.69 Å². The molecule has 0 aromatic heterocycles. The number of allylic oxidation sites excluding steroid dienone is 2. The molecule has 0 amide bonds. The maximum atomic E-state index is 14.4. The summed E-state index contributed by atoms with van der Waals surface area (Å²) in [5.74, 6) is -9.59. The van der Waals surface area contributed by atoms with E-state index in [9.17, 15) is 22.0 Å². The molecule has 7 heteroatoms. The summed E-state index contributed by atoms with van der Waals surface area (Å²) in [5, 5.41) is 0. The summed E-state index contributed by atoms with van der Waals surface area (Å²) in [7, 11) is 0. The maximum Gasteiger partial charge on any atom is 0.200 e. The number of rotatable bonds is 3. The van der Waals surface area contributed by atoms with E-state index < -0.39 is 46.6 Å². The van der Waals surface area contributed by atoms with E-state index in [-0.39, 0.29) is 0 Å². The molecule has 0 aliphatic carbocycles. The van der Waals surface area contributed by atoms with E-state index >= 15 is 0 Å². The summed E-state index contributed by atoms with van der Waals surface area (Å²) in [6, 6.07) is 7.36. The number of hydrogen-bond acceptors (Lipinski definition) is 1. The molecule has 2 aromatic rings. The normalized spacial score (nSPS) is 19.0. The van der Waals surface area contributed by atoms with E-state index in [4.69, 9.17) is 0 Å². The summed E-state index contributed by atoms with van der Waals surface area (Å²) in [5.41, 5.74) is 1.00. The number of nitrogens with zero attached hydrogens (tertiary/aromatic N) is 2. The van der Waals surface area contributed by atoms with Crippen molar-refractivity contribution in [3.63, 3.8) is 0 Å². The van der Waals surface area contributed by atoms with Gasteiger partial charge in [0.15, 0.2) is 29.5 Å². The second kappa shape index (κ2) is 7.52. The van der Waals surface area contributed by atoms with Crippen LogP contribution in [0.4, 0.5) is 27.6 Å². The summed E-state index contributed by atoms with van der Waals surface area (Å²) in [6.45, 7) is 5.34. The van der Waals surface area contributed by atoms with Crippen molar-refractivity contribution in [2.75, 3.05) is 18.0 Å². The largest absolute Gasteiger partial charge is 0.339 e.